The van der Waals surface area contributed by atoms with Crippen LogP contribution in [0.25, 0.3) is 32.9 Å². The number of nitrogens with one attached hydrogen (secondary N) is 2. The fourth-order valence-corrected chi connectivity index (χ4v) is 3.60. The molecule has 2 heterocycles. The van der Waals surface area contributed by atoms with Crippen molar-refractivity contribution in [2.75, 3.05) is 6.26 Å². The molecule has 2 N–H and O–H groups in total. The molecule has 120 valence electrons. The average Bonchev–Trinajstić information content (AvgIpc) is 3.05. The number of sulfone groups is 1. The predicted octanol–water partition coefficient (Wildman–Crippen LogP) is 3.08. The molecule has 0 amide bonds. The number of hydrogen-bond donors (Lipinski definition) is 2. The number of H-pyrrole nitrogens is 2. The van der Waals surface area contributed by atoms with Crippen LogP contribution in [0.15, 0.2) is 64.4 Å². The lowest BCUT2D eigenvalue weighted by Gasteiger charge is -2.07. The Morgan fingerprint density at radius 1 is 0.917 bits per heavy atom. The highest BCUT2D eigenvalue weighted by molar-refractivity contribution is 7.90. The van der Waals surface area contributed by atoms with Crippen LogP contribution in [0.3, 0.4) is 0 Å². The summed E-state index contributed by atoms with van der Waals surface area (Å²) >= 11 is 0. The summed E-state index contributed by atoms with van der Waals surface area (Å²) in [6.45, 7) is 0. The molecule has 0 aliphatic heterocycles. The first-order chi connectivity index (χ1) is 11.4. The number of benzene rings is 2. The zero-order valence-electron chi connectivity index (χ0n) is 12.8. The van der Waals surface area contributed by atoms with E-state index in [1.807, 2.05) is 30.3 Å². The standard InChI is InChI=1S/C18H14N2O3S/c1-24(22,23)13-4-2-3-11(9-13)12-5-6-16-15(10-12)14-7-8-19-17(14)18(21)20-16/h2-10,19H,1H3,(H,20,21). The van der Waals surface area contributed by atoms with Gasteiger partial charge < -0.3 is 9.97 Å². The van der Waals surface area contributed by atoms with E-state index in [4.69, 9.17) is 0 Å². The molecular weight excluding hydrogens is 324 g/mol. The number of hydrogen-bond acceptors (Lipinski definition) is 3. The number of aromatic nitrogens is 2. The Kier molecular flexibility index (Phi) is 3.11. The van der Waals surface area contributed by atoms with Crippen molar-refractivity contribution in [1.29, 1.82) is 0 Å². The maximum absolute atomic E-state index is 12.0. The lowest BCUT2D eigenvalue weighted by Crippen LogP contribution is -2.05. The van der Waals surface area contributed by atoms with E-state index in [0.29, 0.717) is 5.52 Å². The minimum atomic E-state index is -3.26. The summed E-state index contributed by atoms with van der Waals surface area (Å²) in [4.78, 5) is 18.1. The molecule has 4 aromatic rings. The maximum Gasteiger partial charge on any atom is 0.272 e. The summed E-state index contributed by atoms with van der Waals surface area (Å²) in [6.07, 6.45) is 2.93. The minimum absolute atomic E-state index is 0.158. The molecule has 0 radical (unpaired) electrons. The first kappa shape index (κ1) is 14.7. The highest BCUT2D eigenvalue weighted by Gasteiger charge is 2.10. The van der Waals surface area contributed by atoms with Gasteiger partial charge in [0.2, 0.25) is 0 Å². The van der Waals surface area contributed by atoms with Gasteiger partial charge in [-0.1, -0.05) is 18.2 Å². The van der Waals surface area contributed by atoms with Crippen LogP contribution in [-0.4, -0.2) is 24.6 Å². The lowest BCUT2D eigenvalue weighted by atomic mass is 10.0. The smallest absolute Gasteiger partial charge is 0.272 e. The SMILES string of the molecule is CS(=O)(=O)c1cccc(-c2ccc3[nH]c(=O)c4[nH]ccc4c3c2)c1. The van der Waals surface area contributed by atoms with E-state index in [1.54, 1.807) is 24.4 Å². The van der Waals surface area contributed by atoms with Crippen LogP contribution >= 0.6 is 0 Å². The summed E-state index contributed by atoms with van der Waals surface area (Å²) < 4.78 is 23.5. The van der Waals surface area contributed by atoms with Crippen LogP contribution in [0, 0.1) is 0 Å². The van der Waals surface area contributed by atoms with Crippen molar-refractivity contribution >= 4 is 31.6 Å². The Morgan fingerprint density at radius 2 is 1.71 bits per heavy atom. The van der Waals surface area contributed by atoms with E-state index >= 15 is 0 Å². The van der Waals surface area contributed by atoms with Crippen LogP contribution in [0.4, 0.5) is 0 Å². The molecule has 6 heteroatoms. The lowest BCUT2D eigenvalue weighted by molar-refractivity contribution is 0.602. The van der Waals surface area contributed by atoms with Crippen LogP contribution in [0.1, 0.15) is 0 Å². The van der Waals surface area contributed by atoms with Crippen LogP contribution in [-0.2, 0) is 9.84 Å². The van der Waals surface area contributed by atoms with Crippen molar-refractivity contribution < 1.29 is 8.42 Å². The van der Waals surface area contributed by atoms with Gasteiger partial charge in [0, 0.05) is 28.7 Å². The molecule has 4 rings (SSSR count). The Morgan fingerprint density at radius 3 is 2.50 bits per heavy atom. The first-order valence-corrected chi connectivity index (χ1v) is 9.26. The van der Waals surface area contributed by atoms with E-state index in [9.17, 15) is 13.2 Å². The van der Waals surface area contributed by atoms with E-state index in [0.717, 1.165) is 27.4 Å². The third-order valence-electron chi connectivity index (χ3n) is 4.13. The quantitative estimate of drug-likeness (QED) is 0.589. The van der Waals surface area contributed by atoms with Gasteiger partial charge in [-0.3, -0.25) is 4.79 Å². The molecule has 0 aliphatic rings. The fraction of sp³-hybridized carbons (Fsp3) is 0.0556. The van der Waals surface area contributed by atoms with Gasteiger partial charge in [-0.2, -0.15) is 0 Å². The predicted molar refractivity (Wildman–Crippen MR) is 95.0 cm³/mol. The molecule has 0 spiro atoms. The summed E-state index contributed by atoms with van der Waals surface area (Å²) in [5.74, 6) is 0. The van der Waals surface area contributed by atoms with E-state index in [2.05, 4.69) is 9.97 Å². The number of aromatic amines is 2. The summed E-state index contributed by atoms with van der Waals surface area (Å²) in [6, 6.07) is 14.4. The zero-order valence-corrected chi connectivity index (χ0v) is 13.6. The van der Waals surface area contributed by atoms with Crippen molar-refractivity contribution in [2.45, 2.75) is 4.90 Å². The molecule has 0 bridgehead atoms. The molecule has 5 nitrogen and oxygen atoms in total. The number of pyridine rings is 1. The second-order valence-electron chi connectivity index (χ2n) is 5.78. The highest BCUT2D eigenvalue weighted by Crippen LogP contribution is 2.28. The van der Waals surface area contributed by atoms with E-state index in [-0.39, 0.29) is 10.5 Å². The van der Waals surface area contributed by atoms with Gasteiger partial charge in [-0.05, 0) is 41.5 Å². The molecule has 0 unspecified atom stereocenters. The summed E-state index contributed by atoms with van der Waals surface area (Å²) in [7, 11) is -3.26. The Hall–Kier alpha value is -2.86. The molecule has 0 aliphatic carbocycles. The van der Waals surface area contributed by atoms with Gasteiger partial charge in [-0.15, -0.1) is 0 Å². The number of rotatable bonds is 2. The van der Waals surface area contributed by atoms with Gasteiger partial charge in [-0.25, -0.2) is 8.42 Å². The largest absolute Gasteiger partial charge is 0.357 e. The van der Waals surface area contributed by atoms with Crippen molar-refractivity contribution in [3.8, 4) is 11.1 Å². The molecule has 0 saturated carbocycles. The Bertz CT molecular complexity index is 1250. The van der Waals surface area contributed by atoms with Gasteiger partial charge in [0.05, 0.1) is 4.90 Å². The number of fused-ring (bicyclic) bond motifs is 3. The summed E-state index contributed by atoms with van der Waals surface area (Å²) in [5, 5.41) is 1.75. The molecule has 2 aromatic carbocycles. The topological polar surface area (TPSA) is 82.8 Å². The minimum Gasteiger partial charge on any atom is -0.357 e. The van der Waals surface area contributed by atoms with E-state index < -0.39 is 9.84 Å². The Labute approximate surface area is 137 Å². The van der Waals surface area contributed by atoms with Crippen LogP contribution in [0.5, 0.6) is 0 Å². The third-order valence-corrected chi connectivity index (χ3v) is 5.24. The molecular formula is C18H14N2O3S. The van der Waals surface area contributed by atoms with Crippen molar-refractivity contribution in [3.05, 3.63) is 65.1 Å². The van der Waals surface area contributed by atoms with Crippen molar-refractivity contribution in [2.24, 2.45) is 0 Å². The normalized spacial score (nSPS) is 12.0. The van der Waals surface area contributed by atoms with Gasteiger partial charge in [0.1, 0.15) is 5.52 Å². The molecule has 0 atom stereocenters. The van der Waals surface area contributed by atoms with Crippen LogP contribution in [0.2, 0.25) is 0 Å². The molecule has 24 heavy (non-hydrogen) atoms. The fourth-order valence-electron chi connectivity index (χ4n) is 2.93. The van der Waals surface area contributed by atoms with Gasteiger partial charge >= 0.3 is 0 Å². The molecule has 0 fully saturated rings. The van der Waals surface area contributed by atoms with E-state index in [1.165, 1.54) is 6.26 Å². The Balaban J connectivity index is 1.99. The van der Waals surface area contributed by atoms with Gasteiger partial charge in [0.25, 0.3) is 5.56 Å². The average molecular weight is 338 g/mol. The monoisotopic (exact) mass is 338 g/mol. The van der Waals surface area contributed by atoms with Crippen molar-refractivity contribution in [3.63, 3.8) is 0 Å². The third kappa shape index (κ3) is 2.32. The summed E-state index contributed by atoms with van der Waals surface area (Å²) in [5.41, 5.74) is 2.83. The van der Waals surface area contributed by atoms with Gasteiger partial charge in [0.15, 0.2) is 9.84 Å². The highest BCUT2D eigenvalue weighted by atomic mass is 32.2. The second kappa shape index (κ2) is 5.07. The zero-order chi connectivity index (χ0) is 16.9. The van der Waals surface area contributed by atoms with Crippen molar-refractivity contribution in [1.82, 2.24) is 9.97 Å². The van der Waals surface area contributed by atoms with Crippen LogP contribution < -0.4 is 5.56 Å². The maximum atomic E-state index is 12.0. The molecule has 0 saturated heterocycles. The second-order valence-corrected chi connectivity index (χ2v) is 7.80. The molecule has 2 aromatic heterocycles. The first-order valence-electron chi connectivity index (χ1n) is 7.37.